The predicted molar refractivity (Wildman–Crippen MR) is 111 cm³/mol. The van der Waals surface area contributed by atoms with Crippen LogP contribution in [0.1, 0.15) is 59.4 Å². The van der Waals surface area contributed by atoms with Gasteiger partial charge in [-0.15, -0.1) is 0 Å². The number of carbonyl (C=O) groups is 3. The largest absolute Gasteiger partial charge is 0.452 e. The van der Waals surface area contributed by atoms with Crippen LogP contribution in [-0.2, 0) is 9.53 Å². The average molecular weight is 393 g/mol. The Morgan fingerprint density at radius 1 is 0.931 bits per heavy atom. The first-order valence-corrected chi connectivity index (χ1v) is 10.1. The van der Waals surface area contributed by atoms with Crippen molar-refractivity contribution in [3.63, 3.8) is 0 Å². The summed E-state index contributed by atoms with van der Waals surface area (Å²) in [7, 11) is 0. The molecule has 2 aromatic rings. The molecule has 0 heterocycles. The molecule has 3 unspecified atom stereocenters. The lowest BCUT2D eigenvalue weighted by Crippen LogP contribution is -2.45. The van der Waals surface area contributed by atoms with E-state index in [1.807, 2.05) is 6.07 Å². The highest BCUT2D eigenvalue weighted by Gasteiger charge is 2.28. The fourth-order valence-corrected chi connectivity index (χ4v) is 3.85. The lowest BCUT2D eigenvalue weighted by Gasteiger charge is -2.34. The highest BCUT2D eigenvalue weighted by Crippen LogP contribution is 2.29. The van der Waals surface area contributed by atoms with Gasteiger partial charge in [-0.1, -0.05) is 75.2 Å². The first-order valence-electron chi connectivity index (χ1n) is 10.1. The molecule has 152 valence electrons. The van der Waals surface area contributed by atoms with E-state index in [-0.39, 0.29) is 35.5 Å². The van der Waals surface area contributed by atoms with Crippen molar-refractivity contribution in [3.8, 4) is 0 Å². The van der Waals surface area contributed by atoms with Crippen LogP contribution in [0.4, 0.5) is 0 Å². The Bertz CT molecular complexity index is 877. The standard InChI is InChI=1S/C24H27NO4/c1-16-9-8-14-21(17(16)2)25-22(26)15-29-24(28)20-13-7-6-12-19(20)23(27)18-10-4-3-5-11-18/h3-7,10-13,16-17,21H,8-9,14-15H2,1-2H3,(H,25,26). The van der Waals surface area contributed by atoms with Crippen molar-refractivity contribution in [2.24, 2.45) is 11.8 Å². The third kappa shape index (κ3) is 5.11. The maximum absolute atomic E-state index is 12.8. The molecule has 0 bridgehead atoms. The molecule has 1 aliphatic rings. The van der Waals surface area contributed by atoms with Crippen molar-refractivity contribution in [2.45, 2.75) is 39.2 Å². The van der Waals surface area contributed by atoms with Gasteiger partial charge in [0, 0.05) is 17.2 Å². The van der Waals surface area contributed by atoms with Crippen molar-refractivity contribution in [3.05, 3.63) is 71.3 Å². The molecular formula is C24H27NO4. The van der Waals surface area contributed by atoms with Crippen molar-refractivity contribution >= 4 is 17.7 Å². The number of benzene rings is 2. The summed E-state index contributed by atoms with van der Waals surface area (Å²) < 4.78 is 5.22. The van der Waals surface area contributed by atoms with Crippen molar-refractivity contribution in [1.82, 2.24) is 5.32 Å². The molecule has 1 N–H and O–H groups in total. The minimum Gasteiger partial charge on any atom is -0.452 e. The maximum atomic E-state index is 12.8. The second kappa shape index (κ2) is 9.50. The summed E-state index contributed by atoms with van der Waals surface area (Å²) >= 11 is 0. The van der Waals surface area contributed by atoms with Gasteiger partial charge in [0.1, 0.15) is 0 Å². The Morgan fingerprint density at radius 2 is 1.59 bits per heavy atom. The normalized spacial score (nSPS) is 21.2. The number of ketones is 1. The molecule has 1 aliphatic carbocycles. The van der Waals surface area contributed by atoms with Gasteiger partial charge in [-0.05, 0) is 24.3 Å². The maximum Gasteiger partial charge on any atom is 0.339 e. The number of hydrogen-bond donors (Lipinski definition) is 1. The van der Waals surface area contributed by atoms with Gasteiger partial charge in [-0.2, -0.15) is 0 Å². The molecule has 3 atom stereocenters. The second-order valence-electron chi connectivity index (χ2n) is 7.76. The van der Waals surface area contributed by atoms with Gasteiger partial charge in [0.25, 0.3) is 5.91 Å². The van der Waals surface area contributed by atoms with E-state index in [4.69, 9.17) is 4.74 Å². The van der Waals surface area contributed by atoms with Crippen molar-refractivity contribution < 1.29 is 19.1 Å². The van der Waals surface area contributed by atoms with Gasteiger partial charge >= 0.3 is 5.97 Å². The van der Waals surface area contributed by atoms with Crippen LogP contribution in [-0.4, -0.2) is 30.3 Å². The molecule has 0 aliphatic heterocycles. The van der Waals surface area contributed by atoms with E-state index in [9.17, 15) is 14.4 Å². The van der Waals surface area contributed by atoms with E-state index in [1.165, 1.54) is 6.42 Å². The molecule has 1 amide bonds. The molecule has 0 radical (unpaired) electrons. The fourth-order valence-electron chi connectivity index (χ4n) is 3.85. The van der Waals surface area contributed by atoms with Crippen LogP contribution in [0.2, 0.25) is 0 Å². The minimum absolute atomic E-state index is 0.108. The highest BCUT2D eigenvalue weighted by molar-refractivity contribution is 6.14. The molecule has 1 saturated carbocycles. The van der Waals surface area contributed by atoms with Gasteiger partial charge in [0.15, 0.2) is 12.4 Å². The van der Waals surface area contributed by atoms with E-state index in [0.29, 0.717) is 17.4 Å². The third-order valence-electron chi connectivity index (χ3n) is 5.82. The third-order valence-corrected chi connectivity index (χ3v) is 5.82. The zero-order valence-corrected chi connectivity index (χ0v) is 16.9. The summed E-state index contributed by atoms with van der Waals surface area (Å²) in [6.45, 7) is 3.99. The Morgan fingerprint density at radius 3 is 2.31 bits per heavy atom. The quantitative estimate of drug-likeness (QED) is 0.594. The number of esters is 1. The van der Waals surface area contributed by atoms with E-state index < -0.39 is 5.97 Å². The van der Waals surface area contributed by atoms with E-state index >= 15 is 0 Å². The van der Waals surface area contributed by atoms with E-state index in [1.54, 1.807) is 48.5 Å². The second-order valence-corrected chi connectivity index (χ2v) is 7.76. The summed E-state index contributed by atoms with van der Waals surface area (Å²) in [6, 6.07) is 15.4. The molecular weight excluding hydrogens is 366 g/mol. The molecule has 5 heteroatoms. The van der Waals surface area contributed by atoms with Crippen LogP contribution in [0.25, 0.3) is 0 Å². The van der Waals surface area contributed by atoms with Gasteiger partial charge in [-0.3, -0.25) is 9.59 Å². The van der Waals surface area contributed by atoms with Crippen molar-refractivity contribution in [1.29, 1.82) is 0 Å². The number of ether oxygens (including phenoxy) is 1. The Labute approximate surface area is 171 Å². The van der Waals surface area contributed by atoms with Crippen LogP contribution in [0.5, 0.6) is 0 Å². The summed E-state index contributed by atoms with van der Waals surface area (Å²) in [5, 5.41) is 2.99. The SMILES string of the molecule is CC1CCCC(NC(=O)COC(=O)c2ccccc2C(=O)c2ccccc2)C1C. The number of hydrogen-bond acceptors (Lipinski definition) is 4. The van der Waals surface area contributed by atoms with Gasteiger partial charge < -0.3 is 10.1 Å². The minimum atomic E-state index is -0.676. The van der Waals surface area contributed by atoms with Crippen LogP contribution in [0.15, 0.2) is 54.6 Å². The molecule has 0 spiro atoms. The zero-order valence-electron chi connectivity index (χ0n) is 16.9. The molecule has 5 nitrogen and oxygen atoms in total. The molecule has 0 saturated heterocycles. The fraction of sp³-hybridized carbons (Fsp3) is 0.375. The zero-order chi connectivity index (χ0) is 20.8. The Kier molecular flexibility index (Phi) is 6.81. The average Bonchev–Trinajstić information content (AvgIpc) is 2.75. The summed E-state index contributed by atoms with van der Waals surface area (Å²) in [5.41, 5.74) is 0.915. The number of carbonyl (C=O) groups excluding carboxylic acids is 3. The van der Waals surface area contributed by atoms with Gasteiger partial charge in [-0.25, -0.2) is 4.79 Å². The van der Waals surface area contributed by atoms with Crippen LogP contribution in [0, 0.1) is 11.8 Å². The number of amides is 1. The molecule has 1 fully saturated rings. The van der Waals surface area contributed by atoms with Crippen LogP contribution >= 0.6 is 0 Å². The highest BCUT2D eigenvalue weighted by atomic mass is 16.5. The van der Waals surface area contributed by atoms with Crippen LogP contribution in [0.3, 0.4) is 0 Å². The van der Waals surface area contributed by atoms with Gasteiger partial charge in [0.05, 0.1) is 5.56 Å². The van der Waals surface area contributed by atoms with Crippen LogP contribution < -0.4 is 5.32 Å². The number of rotatable bonds is 6. The smallest absolute Gasteiger partial charge is 0.339 e. The molecule has 3 rings (SSSR count). The molecule has 2 aromatic carbocycles. The number of nitrogens with one attached hydrogen (secondary N) is 1. The first kappa shape index (κ1) is 20.8. The predicted octanol–water partition coefficient (Wildman–Crippen LogP) is 4.02. The first-order chi connectivity index (χ1) is 14.0. The van der Waals surface area contributed by atoms with Crippen molar-refractivity contribution in [2.75, 3.05) is 6.61 Å². The van der Waals surface area contributed by atoms with Gasteiger partial charge in [0.2, 0.25) is 0 Å². The lowest BCUT2D eigenvalue weighted by molar-refractivity contribution is -0.125. The van der Waals surface area contributed by atoms with E-state index in [0.717, 1.165) is 12.8 Å². The monoisotopic (exact) mass is 393 g/mol. The Hall–Kier alpha value is -2.95. The molecule has 29 heavy (non-hydrogen) atoms. The molecule has 0 aromatic heterocycles. The lowest BCUT2D eigenvalue weighted by atomic mass is 9.78. The van der Waals surface area contributed by atoms with E-state index in [2.05, 4.69) is 19.2 Å². The summed E-state index contributed by atoms with van der Waals surface area (Å²) in [6.07, 6.45) is 3.21. The summed E-state index contributed by atoms with van der Waals surface area (Å²) in [4.78, 5) is 37.6. The Balaban J connectivity index is 1.63. The summed E-state index contributed by atoms with van der Waals surface area (Å²) in [5.74, 6) is -0.283. The topological polar surface area (TPSA) is 72.5 Å².